The largest absolute Gasteiger partial charge is 0.457 e. The Morgan fingerprint density at radius 2 is 2.04 bits per heavy atom. The van der Waals surface area contributed by atoms with Crippen molar-refractivity contribution in [3.8, 4) is 0 Å². The monoisotopic (exact) mass is 379 g/mol. The quantitative estimate of drug-likeness (QED) is 0.540. The van der Waals surface area contributed by atoms with Crippen LogP contribution in [0.1, 0.15) is 35.7 Å². The summed E-state index contributed by atoms with van der Waals surface area (Å²) in [6.45, 7) is 1.53. The van der Waals surface area contributed by atoms with E-state index in [4.69, 9.17) is 10.5 Å². The fourth-order valence-electron chi connectivity index (χ4n) is 2.46. The molecule has 2 N–H and O–H groups in total. The van der Waals surface area contributed by atoms with Crippen molar-refractivity contribution in [1.29, 1.82) is 0 Å². The average molecular weight is 379 g/mol. The van der Waals surface area contributed by atoms with Crippen molar-refractivity contribution >= 4 is 28.9 Å². The molecule has 2 heterocycles. The number of thiophene rings is 1. The molecule has 140 valence electrons. The number of nitrogens with two attached hydrogens (primary N) is 1. The molecule has 2 aromatic heterocycles. The molecule has 0 saturated heterocycles. The van der Waals surface area contributed by atoms with Crippen LogP contribution in [0, 0.1) is 0 Å². The van der Waals surface area contributed by atoms with Crippen molar-refractivity contribution in [2.75, 3.05) is 12.3 Å². The summed E-state index contributed by atoms with van der Waals surface area (Å²) >= 11 is 1.53. The van der Waals surface area contributed by atoms with E-state index in [1.165, 1.54) is 23.0 Å². The first-order chi connectivity index (χ1) is 12.4. The number of aryl methyl sites for hydroxylation is 1. The normalized spacial score (nSPS) is 10.7. The Balaban J connectivity index is 2.10. The van der Waals surface area contributed by atoms with Gasteiger partial charge < -0.3 is 10.5 Å². The topological polar surface area (TPSA) is 113 Å². The van der Waals surface area contributed by atoms with Crippen LogP contribution in [-0.2, 0) is 29.5 Å². The van der Waals surface area contributed by atoms with Gasteiger partial charge in [-0.15, -0.1) is 0 Å². The summed E-state index contributed by atoms with van der Waals surface area (Å²) in [6.07, 6.45) is 1.25. The van der Waals surface area contributed by atoms with E-state index in [2.05, 4.69) is 0 Å². The minimum Gasteiger partial charge on any atom is -0.457 e. The lowest BCUT2D eigenvalue weighted by Crippen LogP contribution is -2.43. The highest BCUT2D eigenvalue weighted by Gasteiger charge is 2.22. The highest BCUT2D eigenvalue weighted by Crippen LogP contribution is 2.10. The SMILES string of the molecule is CCCn1c(N)c(C(=O)COC(=O)CCc2ccsc2)c(=O)n(C)c1=O. The number of hydrogen-bond donors (Lipinski definition) is 1. The van der Waals surface area contributed by atoms with E-state index in [0.717, 1.165) is 10.1 Å². The lowest BCUT2D eigenvalue weighted by atomic mass is 10.2. The molecule has 2 aromatic rings. The zero-order valence-corrected chi connectivity index (χ0v) is 15.5. The summed E-state index contributed by atoms with van der Waals surface area (Å²) in [5.74, 6) is -1.46. The van der Waals surface area contributed by atoms with Crippen LogP contribution in [0.2, 0.25) is 0 Å². The second kappa shape index (κ2) is 8.61. The lowest BCUT2D eigenvalue weighted by Gasteiger charge is -2.13. The van der Waals surface area contributed by atoms with Crippen molar-refractivity contribution in [3.63, 3.8) is 0 Å². The van der Waals surface area contributed by atoms with Crippen LogP contribution >= 0.6 is 11.3 Å². The van der Waals surface area contributed by atoms with Gasteiger partial charge >= 0.3 is 11.7 Å². The van der Waals surface area contributed by atoms with Gasteiger partial charge in [-0.3, -0.25) is 23.5 Å². The van der Waals surface area contributed by atoms with Gasteiger partial charge in [0.1, 0.15) is 11.4 Å². The van der Waals surface area contributed by atoms with Crippen LogP contribution in [0.3, 0.4) is 0 Å². The number of carbonyl (C=O) groups excluding carboxylic acids is 2. The van der Waals surface area contributed by atoms with Gasteiger partial charge in [0.25, 0.3) is 5.56 Å². The Kier molecular flexibility index (Phi) is 6.51. The van der Waals surface area contributed by atoms with Crippen molar-refractivity contribution in [2.45, 2.75) is 32.7 Å². The average Bonchev–Trinajstić information content (AvgIpc) is 3.13. The zero-order chi connectivity index (χ0) is 19.3. The summed E-state index contributed by atoms with van der Waals surface area (Å²) in [5.41, 5.74) is 5.17. The second-order valence-corrected chi connectivity index (χ2v) is 6.55. The summed E-state index contributed by atoms with van der Waals surface area (Å²) in [7, 11) is 1.28. The molecule has 0 atom stereocenters. The van der Waals surface area contributed by atoms with Crippen LogP contribution in [0.4, 0.5) is 5.82 Å². The maximum absolute atomic E-state index is 12.4. The number of nitrogen functional groups attached to an aromatic ring is 1. The predicted octanol–water partition coefficient (Wildman–Crippen LogP) is 0.959. The van der Waals surface area contributed by atoms with Crippen LogP contribution in [-0.4, -0.2) is 27.5 Å². The molecule has 0 amide bonds. The predicted molar refractivity (Wildman–Crippen MR) is 98.6 cm³/mol. The van der Waals surface area contributed by atoms with E-state index in [1.807, 2.05) is 23.8 Å². The second-order valence-electron chi connectivity index (χ2n) is 5.77. The van der Waals surface area contributed by atoms with Gasteiger partial charge in [0.2, 0.25) is 5.78 Å². The van der Waals surface area contributed by atoms with Crippen LogP contribution < -0.4 is 17.0 Å². The van der Waals surface area contributed by atoms with E-state index in [1.54, 1.807) is 0 Å². The molecule has 0 radical (unpaired) electrons. The molecule has 0 aromatic carbocycles. The highest BCUT2D eigenvalue weighted by molar-refractivity contribution is 7.07. The third-order valence-electron chi connectivity index (χ3n) is 3.87. The molecular weight excluding hydrogens is 358 g/mol. The molecule has 8 nitrogen and oxygen atoms in total. The van der Waals surface area contributed by atoms with Gasteiger partial charge in [-0.2, -0.15) is 11.3 Å². The maximum atomic E-state index is 12.4. The number of aromatic nitrogens is 2. The van der Waals surface area contributed by atoms with Crippen LogP contribution in [0.25, 0.3) is 0 Å². The number of nitrogens with zero attached hydrogens (tertiary/aromatic N) is 2. The Morgan fingerprint density at radius 1 is 1.31 bits per heavy atom. The standard InChI is InChI=1S/C17H21N3O5S/c1-3-7-20-15(18)14(16(23)19(2)17(20)24)12(21)9-25-13(22)5-4-11-6-8-26-10-11/h6,8,10H,3-5,7,9,18H2,1-2H3. The first-order valence-electron chi connectivity index (χ1n) is 8.16. The summed E-state index contributed by atoms with van der Waals surface area (Å²) in [4.78, 5) is 48.5. The number of hydrogen-bond acceptors (Lipinski definition) is 7. The van der Waals surface area contributed by atoms with Gasteiger partial charge in [-0.05, 0) is 35.2 Å². The molecule has 0 aliphatic heterocycles. The van der Waals surface area contributed by atoms with Gasteiger partial charge in [0.05, 0.1) is 0 Å². The molecule has 0 aliphatic rings. The molecule has 0 fully saturated rings. The fourth-order valence-corrected chi connectivity index (χ4v) is 3.16. The Bertz CT molecular complexity index is 912. The van der Waals surface area contributed by atoms with Crippen molar-refractivity contribution in [3.05, 3.63) is 48.8 Å². The van der Waals surface area contributed by atoms with Crippen molar-refractivity contribution in [1.82, 2.24) is 9.13 Å². The number of rotatable bonds is 8. The summed E-state index contributed by atoms with van der Waals surface area (Å²) in [5, 5.41) is 3.84. The number of anilines is 1. The first kappa shape index (κ1) is 19.6. The maximum Gasteiger partial charge on any atom is 0.332 e. The third-order valence-corrected chi connectivity index (χ3v) is 4.60. The smallest absolute Gasteiger partial charge is 0.332 e. The number of Topliss-reactive ketones (excluding diaryl/α,β-unsaturated/α-hetero) is 1. The minimum absolute atomic E-state index is 0.132. The number of carbonyl (C=O) groups is 2. The molecule has 0 spiro atoms. The Hall–Kier alpha value is -2.68. The van der Waals surface area contributed by atoms with E-state index >= 15 is 0 Å². The molecule has 26 heavy (non-hydrogen) atoms. The summed E-state index contributed by atoms with van der Waals surface area (Å²) < 4.78 is 6.96. The Labute approximate surface area is 153 Å². The van der Waals surface area contributed by atoms with Gasteiger partial charge in [0, 0.05) is 20.0 Å². The minimum atomic E-state index is -0.792. The van der Waals surface area contributed by atoms with Crippen molar-refractivity contribution in [2.24, 2.45) is 7.05 Å². The van der Waals surface area contributed by atoms with Gasteiger partial charge in [-0.1, -0.05) is 6.92 Å². The Morgan fingerprint density at radius 3 is 2.65 bits per heavy atom. The van der Waals surface area contributed by atoms with Gasteiger partial charge in [-0.25, -0.2) is 4.79 Å². The molecule has 0 aliphatic carbocycles. The first-order valence-corrected chi connectivity index (χ1v) is 9.10. The number of esters is 1. The molecule has 2 rings (SSSR count). The highest BCUT2D eigenvalue weighted by atomic mass is 32.1. The number of ketones is 1. The van der Waals surface area contributed by atoms with Crippen molar-refractivity contribution < 1.29 is 14.3 Å². The molecular formula is C17H21N3O5S. The number of ether oxygens (including phenoxy) is 1. The van der Waals surface area contributed by atoms with E-state index in [0.29, 0.717) is 12.8 Å². The van der Waals surface area contributed by atoms with Gasteiger partial charge in [0.15, 0.2) is 6.61 Å². The molecule has 9 heteroatoms. The zero-order valence-electron chi connectivity index (χ0n) is 14.7. The molecule has 0 saturated carbocycles. The fraction of sp³-hybridized carbons (Fsp3) is 0.412. The molecule has 0 unspecified atom stereocenters. The van der Waals surface area contributed by atoms with E-state index in [9.17, 15) is 19.2 Å². The van der Waals surface area contributed by atoms with Crippen LogP contribution in [0.15, 0.2) is 26.4 Å². The van der Waals surface area contributed by atoms with E-state index in [-0.39, 0.29) is 24.3 Å². The third kappa shape index (κ3) is 4.29. The van der Waals surface area contributed by atoms with Crippen LogP contribution in [0.5, 0.6) is 0 Å². The molecule has 0 bridgehead atoms. The summed E-state index contributed by atoms with van der Waals surface area (Å²) in [6, 6.07) is 1.91. The van der Waals surface area contributed by atoms with E-state index < -0.39 is 29.6 Å². The lowest BCUT2D eigenvalue weighted by molar-refractivity contribution is -0.142.